The highest BCUT2D eigenvalue weighted by Gasteiger charge is 2.05. The highest BCUT2D eigenvalue weighted by atomic mass is 35.5. The lowest BCUT2D eigenvalue weighted by atomic mass is 10.1. The van der Waals surface area contributed by atoms with Crippen LogP contribution in [0.2, 0.25) is 5.02 Å². The van der Waals surface area contributed by atoms with Gasteiger partial charge in [0.15, 0.2) is 0 Å². The molecule has 1 N–H and O–H groups in total. The molecule has 0 radical (unpaired) electrons. The van der Waals surface area contributed by atoms with E-state index in [1.165, 1.54) is 0 Å². The van der Waals surface area contributed by atoms with Crippen LogP contribution >= 0.6 is 11.6 Å². The van der Waals surface area contributed by atoms with Gasteiger partial charge >= 0.3 is 0 Å². The standard InChI is InChI=1S/C17H13ClN2O2/c1-11(21)12-4-5-19-16(7-12)10-20-9-14-6-15(18)3-2-13(14)8-17(20)22/h2-9,21H,1,10H2. The van der Waals surface area contributed by atoms with Gasteiger partial charge in [0.2, 0.25) is 0 Å². The Labute approximate surface area is 131 Å². The van der Waals surface area contributed by atoms with Gasteiger partial charge in [-0.1, -0.05) is 24.2 Å². The molecule has 2 aromatic heterocycles. The molecule has 3 rings (SSSR count). The number of rotatable bonds is 3. The van der Waals surface area contributed by atoms with Gasteiger partial charge < -0.3 is 9.67 Å². The smallest absolute Gasteiger partial charge is 0.251 e. The van der Waals surface area contributed by atoms with Gasteiger partial charge in [-0.3, -0.25) is 9.78 Å². The maximum Gasteiger partial charge on any atom is 0.251 e. The molecular formula is C17H13ClN2O2. The minimum Gasteiger partial charge on any atom is -0.508 e. The molecule has 3 aromatic rings. The van der Waals surface area contributed by atoms with Crippen LogP contribution < -0.4 is 5.56 Å². The molecule has 0 aliphatic rings. The predicted molar refractivity (Wildman–Crippen MR) is 88.2 cm³/mol. The lowest BCUT2D eigenvalue weighted by Gasteiger charge is -2.08. The zero-order valence-electron chi connectivity index (χ0n) is 11.7. The Morgan fingerprint density at radius 1 is 1.23 bits per heavy atom. The topological polar surface area (TPSA) is 55.1 Å². The first kappa shape index (κ1) is 14.4. The third-order valence-corrected chi connectivity index (χ3v) is 3.62. The molecule has 2 heterocycles. The van der Waals surface area contributed by atoms with Gasteiger partial charge in [0.05, 0.1) is 12.2 Å². The van der Waals surface area contributed by atoms with E-state index in [-0.39, 0.29) is 11.3 Å². The first-order valence-electron chi connectivity index (χ1n) is 6.66. The quantitative estimate of drug-likeness (QED) is 0.751. The molecular weight excluding hydrogens is 300 g/mol. The van der Waals surface area contributed by atoms with Gasteiger partial charge in [0.1, 0.15) is 5.76 Å². The molecule has 22 heavy (non-hydrogen) atoms. The van der Waals surface area contributed by atoms with Crippen LogP contribution in [-0.4, -0.2) is 14.7 Å². The number of aliphatic hydroxyl groups excluding tert-OH is 1. The van der Waals surface area contributed by atoms with Crippen molar-refractivity contribution in [1.82, 2.24) is 9.55 Å². The summed E-state index contributed by atoms with van der Waals surface area (Å²) in [5.41, 5.74) is 1.13. The summed E-state index contributed by atoms with van der Waals surface area (Å²) < 4.78 is 1.56. The van der Waals surface area contributed by atoms with Crippen molar-refractivity contribution in [3.63, 3.8) is 0 Å². The second-order valence-electron chi connectivity index (χ2n) is 5.00. The molecule has 0 fully saturated rings. The average molecular weight is 313 g/mol. The largest absolute Gasteiger partial charge is 0.508 e. The number of hydrogen-bond acceptors (Lipinski definition) is 3. The van der Waals surface area contributed by atoms with E-state index in [4.69, 9.17) is 11.6 Å². The predicted octanol–water partition coefficient (Wildman–Crippen LogP) is 3.63. The van der Waals surface area contributed by atoms with Gasteiger partial charge in [0, 0.05) is 29.0 Å². The number of fused-ring (bicyclic) bond motifs is 1. The fourth-order valence-electron chi connectivity index (χ4n) is 2.28. The summed E-state index contributed by atoms with van der Waals surface area (Å²) in [5, 5.41) is 11.8. The van der Waals surface area contributed by atoms with Crippen molar-refractivity contribution in [2.45, 2.75) is 6.54 Å². The van der Waals surface area contributed by atoms with Crippen LogP contribution in [0.1, 0.15) is 11.3 Å². The molecule has 0 bridgehead atoms. The zero-order valence-corrected chi connectivity index (χ0v) is 12.4. The molecule has 0 atom stereocenters. The molecule has 0 unspecified atom stereocenters. The number of nitrogens with zero attached hydrogens (tertiary/aromatic N) is 2. The number of halogens is 1. The van der Waals surface area contributed by atoms with E-state index in [9.17, 15) is 9.90 Å². The van der Waals surface area contributed by atoms with Crippen molar-refractivity contribution in [1.29, 1.82) is 0 Å². The lowest BCUT2D eigenvalue weighted by molar-refractivity contribution is 0.513. The SMILES string of the molecule is C=C(O)c1ccnc(Cn2cc3cc(Cl)ccc3cc2=O)c1. The summed E-state index contributed by atoms with van der Waals surface area (Å²) in [5.74, 6) is -0.0266. The van der Waals surface area contributed by atoms with E-state index in [1.807, 2.05) is 12.1 Å². The minimum absolute atomic E-state index is 0.0266. The number of hydrogen-bond donors (Lipinski definition) is 1. The summed E-state index contributed by atoms with van der Waals surface area (Å²) in [6.07, 6.45) is 3.33. The Morgan fingerprint density at radius 3 is 2.82 bits per heavy atom. The van der Waals surface area contributed by atoms with E-state index in [0.717, 1.165) is 10.8 Å². The average Bonchev–Trinajstić information content (AvgIpc) is 2.49. The number of pyridine rings is 2. The zero-order chi connectivity index (χ0) is 15.7. The maximum absolute atomic E-state index is 12.2. The van der Waals surface area contributed by atoms with Crippen LogP contribution in [-0.2, 0) is 6.54 Å². The summed E-state index contributed by atoms with van der Waals surface area (Å²) in [6.45, 7) is 3.79. The van der Waals surface area contributed by atoms with Gasteiger partial charge in [-0.15, -0.1) is 0 Å². The number of aliphatic hydroxyl groups is 1. The summed E-state index contributed by atoms with van der Waals surface area (Å²) in [4.78, 5) is 16.4. The molecule has 0 amide bonds. The Kier molecular flexibility index (Phi) is 3.69. The molecule has 110 valence electrons. The minimum atomic E-state index is -0.121. The van der Waals surface area contributed by atoms with Crippen LogP contribution in [0.15, 0.2) is 60.2 Å². The molecule has 0 spiro atoms. The molecule has 5 heteroatoms. The number of benzene rings is 1. The fourth-order valence-corrected chi connectivity index (χ4v) is 2.46. The molecule has 0 saturated carbocycles. The van der Waals surface area contributed by atoms with Crippen molar-refractivity contribution >= 4 is 28.1 Å². The van der Waals surface area contributed by atoms with Crippen molar-refractivity contribution in [2.75, 3.05) is 0 Å². The van der Waals surface area contributed by atoms with E-state index < -0.39 is 0 Å². The second kappa shape index (κ2) is 5.66. The third-order valence-electron chi connectivity index (χ3n) is 3.39. The molecule has 1 aromatic carbocycles. The van der Waals surface area contributed by atoms with Gasteiger partial charge in [-0.05, 0) is 35.0 Å². The first-order valence-corrected chi connectivity index (χ1v) is 7.04. The van der Waals surface area contributed by atoms with E-state index in [1.54, 1.807) is 41.2 Å². The van der Waals surface area contributed by atoms with E-state index in [2.05, 4.69) is 11.6 Å². The molecule has 0 aliphatic heterocycles. The van der Waals surface area contributed by atoms with Crippen molar-refractivity contribution in [3.05, 3.63) is 82.0 Å². The van der Waals surface area contributed by atoms with Crippen LogP contribution in [0.3, 0.4) is 0 Å². The Morgan fingerprint density at radius 2 is 2.05 bits per heavy atom. The van der Waals surface area contributed by atoms with Crippen LogP contribution in [0, 0.1) is 0 Å². The highest BCUT2D eigenvalue weighted by molar-refractivity contribution is 6.31. The van der Waals surface area contributed by atoms with Gasteiger partial charge in [0.25, 0.3) is 5.56 Å². The maximum atomic E-state index is 12.2. The Bertz CT molecular complexity index is 931. The van der Waals surface area contributed by atoms with Crippen molar-refractivity contribution in [3.8, 4) is 0 Å². The first-order chi connectivity index (χ1) is 10.5. The normalized spacial score (nSPS) is 10.8. The summed E-state index contributed by atoms with van der Waals surface area (Å²) in [7, 11) is 0. The Hall–Kier alpha value is -2.59. The van der Waals surface area contributed by atoms with Crippen molar-refractivity contribution < 1.29 is 5.11 Å². The monoisotopic (exact) mass is 312 g/mol. The second-order valence-corrected chi connectivity index (χ2v) is 5.43. The van der Waals surface area contributed by atoms with E-state index >= 15 is 0 Å². The molecule has 4 nitrogen and oxygen atoms in total. The van der Waals surface area contributed by atoms with Gasteiger partial charge in [-0.2, -0.15) is 0 Å². The van der Waals surface area contributed by atoms with Crippen molar-refractivity contribution in [2.24, 2.45) is 0 Å². The van der Waals surface area contributed by atoms with Crippen LogP contribution in [0.25, 0.3) is 16.5 Å². The highest BCUT2D eigenvalue weighted by Crippen LogP contribution is 2.18. The fraction of sp³-hybridized carbons (Fsp3) is 0.0588. The lowest BCUT2D eigenvalue weighted by Crippen LogP contribution is -2.19. The number of aromatic nitrogens is 2. The summed E-state index contributed by atoms with van der Waals surface area (Å²) in [6, 6.07) is 10.3. The van der Waals surface area contributed by atoms with Crippen LogP contribution in [0.4, 0.5) is 0 Å². The summed E-state index contributed by atoms with van der Waals surface area (Å²) >= 11 is 5.99. The Balaban J connectivity index is 2.03. The van der Waals surface area contributed by atoms with Crippen LogP contribution in [0.5, 0.6) is 0 Å². The van der Waals surface area contributed by atoms with E-state index in [0.29, 0.717) is 22.8 Å². The van der Waals surface area contributed by atoms with Gasteiger partial charge in [-0.25, -0.2) is 0 Å². The third kappa shape index (κ3) is 2.87. The molecule has 0 saturated heterocycles. The molecule has 0 aliphatic carbocycles.